The molecule has 0 radical (unpaired) electrons. The van der Waals surface area contributed by atoms with Gasteiger partial charge in [-0.1, -0.05) is 12.8 Å². The van der Waals surface area contributed by atoms with Gasteiger partial charge < -0.3 is 14.8 Å². The molecule has 1 amide bonds. The van der Waals surface area contributed by atoms with Gasteiger partial charge in [0.05, 0.1) is 19.3 Å². The lowest BCUT2D eigenvalue weighted by Crippen LogP contribution is -2.31. The van der Waals surface area contributed by atoms with Crippen molar-refractivity contribution in [2.24, 2.45) is 0 Å². The first-order chi connectivity index (χ1) is 11.7. The van der Waals surface area contributed by atoms with Gasteiger partial charge in [0.2, 0.25) is 0 Å². The molecule has 1 aromatic heterocycles. The molecular weight excluding hydrogens is 306 g/mol. The summed E-state index contributed by atoms with van der Waals surface area (Å²) in [7, 11) is 1.61. The molecule has 2 aromatic rings. The van der Waals surface area contributed by atoms with Gasteiger partial charge in [0.1, 0.15) is 17.3 Å². The second-order valence-corrected chi connectivity index (χ2v) is 6.02. The monoisotopic (exact) mass is 329 g/mol. The zero-order valence-corrected chi connectivity index (χ0v) is 14.1. The fourth-order valence-electron chi connectivity index (χ4n) is 2.99. The number of nitrogens with zero attached hydrogens (tertiary/aromatic N) is 2. The van der Waals surface area contributed by atoms with E-state index in [0.29, 0.717) is 11.8 Å². The number of aromatic nitrogens is 2. The Morgan fingerprint density at radius 2 is 1.88 bits per heavy atom. The van der Waals surface area contributed by atoms with Crippen molar-refractivity contribution < 1.29 is 14.3 Å². The topological polar surface area (TPSA) is 65.4 Å². The van der Waals surface area contributed by atoms with Crippen molar-refractivity contribution in [3.8, 4) is 11.5 Å². The number of carbonyl (C=O) groups excluding carboxylic acids is 1. The molecule has 128 valence electrons. The normalized spacial score (nSPS) is 15.9. The fourth-order valence-corrected chi connectivity index (χ4v) is 2.99. The van der Waals surface area contributed by atoms with Gasteiger partial charge in [-0.05, 0) is 44.0 Å². The van der Waals surface area contributed by atoms with Crippen LogP contribution in [0, 0.1) is 0 Å². The highest BCUT2D eigenvalue weighted by Crippen LogP contribution is 2.31. The summed E-state index contributed by atoms with van der Waals surface area (Å²) in [4.78, 5) is 12.4. The van der Waals surface area contributed by atoms with Crippen molar-refractivity contribution >= 4 is 11.7 Å². The standard InChI is InChI=1S/C18H23N3O3/c1-13(24-16-9-7-15(23-2)8-10-16)18(22)20-17-11-12-19-21(17)14-5-3-4-6-14/h7-14H,3-6H2,1-2H3,(H,20,22)/t13-/m0/s1. The molecule has 1 aliphatic carbocycles. The van der Waals surface area contributed by atoms with Crippen molar-refractivity contribution in [1.82, 2.24) is 9.78 Å². The molecular formula is C18H23N3O3. The molecule has 6 heteroatoms. The smallest absolute Gasteiger partial charge is 0.266 e. The second kappa shape index (κ2) is 7.38. The first kappa shape index (κ1) is 16.4. The number of ether oxygens (including phenoxy) is 2. The van der Waals surface area contributed by atoms with Crippen LogP contribution >= 0.6 is 0 Å². The Kier molecular flexibility index (Phi) is 5.03. The average molecular weight is 329 g/mol. The number of carbonyl (C=O) groups is 1. The number of amides is 1. The number of rotatable bonds is 6. The third-order valence-electron chi connectivity index (χ3n) is 4.33. The molecule has 1 aromatic carbocycles. The van der Waals surface area contributed by atoms with Crippen LogP contribution in [0.5, 0.6) is 11.5 Å². The van der Waals surface area contributed by atoms with Gasteiger partial charge in [-0.2, -0.15) is 5.10 Å². The predicted molar refractivity (Wildman–Crippen MR) is 91.4 cm³/mol. The summed E-state index contributed by atoms with van der Waals surface area (Å²) in [6.07, 6.45) is 5.78. The third-order valence-corrected chi connectivity index (χ3v) is 4.33. The first-order valence-electron chi connectivity index (χ1n) is 8.32. The highest BCUT2D eigenvalue weighted by Gasteiger charge is 2.22. The van der Waals surface area contributed by atoms with E-state index in [4.69, 9.17) is 9.47 Å². The average Bonchev–Trinajstić information content (AvgIpc) is 3.26. The van der Waals surface area contributed by atoms with Crippen molar-refractivity contribution in [3.05, 3.63) is 36.5 Å². The van der Waals surface area contributed by atoms with Crippen molar-refractivity contribution in [2.45, 2.75) is 44.8 Å². The molecule has 1 N–H and O–H groups in total. The SMILES string of the molecule is COc1ccc(O[C@@H](C)C(=O)Nc2ccnn2C2CCCC2)cc1. The number of benzene rings is 1. The van der Waals surface area contributed by atoms with E-state index in [1.165, 1.54) is 12.8 Å². The lowest BCUT2D eigenvalue weighted by atomic mass is 10.2. The van der Waals surface area contributed by atoms with Crippen LogP contribution < -0.4 is 14.8 Å². The highest BCUT2D eigenvalue weighted by molar-refractivity contribution is 5.93. The minimum absolute atomic E-state index is 0.189. The molecule has 1 aliphatic rings. The molecule has 0 unspecified atom stereocenters. The van der Waals surface area contributed by atoms with Crippen molar-refractivity contribution in [2.75, 3.05) is 12.4 Å². The van der Waals surface area contributed by atoms with E-state index in [0.717, 1.165) is 24.4 Å². The van der Waals surface area contributed by atoms with Gasteiger partial charge in [-0.3, -0.25) is 4.79 Å². The van der Waals surface area contributed by atoms with Gasteiger partial charge in [-0.25, -0.2) is 4.68 Å². The van der Waals surface area contributed by atoms with Gasteiger partial charge >= 0.3 is 0 Å². The Bertz CT molecular complexity index is 675. The molecule has 0 aliphatic heterocycles. The van der Waals surface area contributed by atoms with Gasteiger partial charge in [0, 0.05) is 6.07 Å². The molecule has 1 atom stereocenters. The van der Waals surface area contributed by atoms with E-state index in [9.17, 15) is 4.79 Å². The quantitative estimate of drug-likeness (QED) is 0.882. The van der Waals surface area contributed by atoms with Gasteiger partial charge in [0.15, 0.2) is 6.10 Å². The van der Waals surface area contributed by atoms with E-state index in [1.807, 2.05) is 10.7 Å². The molecule has 6 nitrogen and oxygen atoms in total. The van der Waals surface area contributed by atoms with Crippen LogP contribution in [0.15, 0.2) is 36.5 Å². The maximum Gasteiger partial charge on any atom is 0.266 e. The molecule has 1 heterocycles. The molecule has 0 bridgehead atoms. The number of hydrogen-bond donors (Lipinski definition) is 1. The number of anilines is 1. The van der Waals surface area contributed by atoms with Crippen LogP contribution in [-0.4, -0.2) is 28.9 Å². The summed E-state index contributed by atoms with van der Waals surface area (Å²) >= 11 is 0. The Labute approximate surface area is 141 Å². The Balaban J connectivity index is 1.60. The Morgan fingerprint density at radius 3 is 2.54 bits per heavy atom. The largest absolute Gasteiger partial charge is 0.497 e. The maximum absolute atomic E-state index is 12.4. The van der Waals surface area contributed by atoms with Crippen LogP contribution in [-0.2, 0) is 4.79 Å². The summed E-state index contributed by atoms with van der Waals surface area (Å²) < 4.78 is 12.7. The van der Waals surface area contributed by atoms with E-state index in [-0.39, 0.29) is 5.91 Å². The van der Waals surface area contributed by atoms with Crippen LogP contribution in [0.4, 0.5) is 5.82 Å². The second-order valence-electron chi connectivity index (χ2n) is 6.02. The maximum atomic E-state index is 12.4. The highest BCUT2D eigenvalue weighted by atomic mass is 16.5. The first-order valence-corrected chi connectivity index (χ1v) is 8.32. The number of hydrogen-bond acceptors (Lipinski definition) is 4. The lowest BCUT2D eigenvalue weighted by Gasteiger charge is -2.18. The fraction of sp³-hybridized carbons (Fsp3) is 0.444. The zero-order valence-electron chi connectivity index (χ0n) is 14.1. The van der Waals surface area contributed by atoms with Gasteiger partial charge in [0.25, 0.3) is 5.91 Å². The molecule has 24 heavy (non-hydrogen) atoms. The Morgan fingerprint density at radius 1 is 1.21 bits per heavy atom. The number of nitrogens with one attached hydrogen (secondary N) is 1. The minimum atomic E-state index is -0.606. The minimum Gasteiger partial charge on any atom is -0.497 e. The predicted octanol–water partition coefficient (Wildman–Crippen LogP) is 3.41. The van der Waals surface area contributed by atoms with E-state index in [2.05, 4.69) is 10.4 Å². The molecule has 0 saturated heterocycles. The Hall–Kier alpha value is -2.50. The van der Waals surface area contributed by atoms with Crippen LogP contribution in [0.3, 0.4) is 0 Å². The van der Waals surface area contributed by atoms with E-state index >= 15 is 0 Å². The molecule has 0 spiro atoms. The zero-order chi connectivity index (χ0) is 16.9. The molecule has 3 rings (SSSR count). The van der Waals surface area contributed by atoms with Crippen LogP contribution in [0.2, 0.25) is 0 Å². The van der Waals surface area contributed by atoms with Gasteiger partial charge in [-0.15, -0.1) is 0 Å². The summed E-state index contributed by atoms with van der Waals surface area (Å²) in [5.74, 6) is 1.92. The van der Waals surface area contributed by atoms with Crippen molar-refractivity contribution in [3.63, 3.8) is 0 Å². The summed E-state index contributed by atoms with van der Waals surface area (Å²) in [5, 5.41) is 7.28. The number of methoxy groups -OCH3 is 1. The molecule has 1 fully saturated rings. The van der Waals surface area contributed by atoms with Crippen LogP contribution in [0.1, 0.15) is 38.6 Å². The van der Waals surface area contributed by atoms with Crippen molar-refractivity contribution in [1.29, 1.82) is 0 Å². The molecule has 1 saturated carbocycles. The summed E-state index contributed by atoms with van der Waals surface area (Å²) in [6, 6.07) is 9.38. The summed E-state index contributed by atoms with van der Waals surface area (Å²) in [6.45, 7) is 1.73. The summed E-state index contributed by atoms with van der Waals surface area (Å²) in [5.41, 5.74) is 0. The van der Waals surface area contributed by atoms with E-state index < -0.39 is 6.10 Å². The van der Waals surface area contributed by atoms with E-state index in [1.54, 1.807) is 44.5 Å². The third kappa shape index (κ3) is 3.69. The lowest BCUT2D eigenvalue weighted by molar-refractivity contribution is -0.122. The van der Waals surface area contributed by atoms with Crippen LogP contribution in [0.25, 0.3) is 0 Å².